The Kier molecular flexibility index (Phi) is 7.64. The maximum atomic E-state index is 6.34. The second-order valence-corrected chi connectivity index (χ2v) is 7.61. The fourth-order valence-corrected chi connectivity index (χ4v) is 3.71. The summed E-state index contributed by atoms with van der Waals surface area (Å²) in [5.74, 6) is 0. The Labute approximate surface area is 178 Å². The van der Waals surface area contributed by atoms with Gasteiger partial charge in [0.2, 0.25) is 0 Å². The van der Waals surface area contributed by atoms with Crippen LogP contribution in [0.5, 0.6) is 0 Å². The minimum Gasteiger partial charge on any atom is -0.375 e. The number of ether oxygens (including phenoxy) is 3. The predicted octanol–water partition coefficient (Wildman–Crippen LogP) is 4.35. The van der Waals surface area contributed by atoms with Gasteiger partial charge in [-0.25, -0.2) is 0 Å². The van der Waals surface area contributed by atoms with Gasteiger partial charge in [-0.05, 0) is 16.7 Å². The van der Waals surface area contributed by atoms with Gasteiger partial charge in [0.05, 0.1) is 38.6 Å². The third-order valence-electron chi connectivity index (χ3n) is 5.35. The molecule has 0 unspecified atom stereocenters. The first-order chi connectivity index (χ1) is 14.9. The molecule has 0 saturated carbocycles. The lowest BCUT2D eigenvalue weighted by atomic mass is 10.1. The van der Waals surface area contributed by atoms with Gasteiger partial charge in [-0.2, -0.15) is 0 Å². The van der Waals surface area contributed by atoms with Crippen molar-refractivity contribution in [1.82, 2.24) is 5.32 Å². The van der Waals surface area contributed by atoms with Gasteiger partial charge in [0.15, 0.2) is 0 Å². The molecule has 3 aromatic rings. The summed E-state index contributed by atoms with van der Waals surface area (Å²) in [5, 5.41) is 3.54. The first-order valence-electron chi connectivity index (χ1n) is 10.5. The van der Waals surface area contributed by atoms with E-state index in [4.69, 9.17) is 14.2 Å². The fourth-order valence-electron chi connectivity index (χ4n) is 3.71. The van der Waals surface area contributed by atoms with Gasteiger partial charge in [0.25, 0.3) is 0 Å². The van der Waals surface area contributed by atoms with Gasteiger partial charge in [0.1, 0.15) is 6.10 Å². The molecule has 0 radical (unpaired) electrons. The van der Waals surface area contributed by atoms with E-state index >= 15 is 0 Å². The quantitative estimate of drug-likeness (QED) is 0.546. The van der Waals surface area contributed by atoms with Crippen LogP contribution in [0.15, 0.2) is 91.0 Å². The number of hydrogen-bond donors (Lipinski definition) is 1. The number of benzene rings is 3. The van der Waals surface area contributed by atoms with Crippen LogP contribution in [0.2, 0.25) is 0 Å². The summed E-state index contributed by atoms with van der Waals surface area (Å²) in [7, 11) is 0. The summed E-state index contributed by atoms with van der Waals surface area (Å²) in [6, 6.07) is 30.9. The molecule has 1 N–H and O–H groups in total. The van der Waals surface area contributed by atoms with Crippen LogP contribution in [0.25, 0.3) is 0 Å². The van der Waals surface area contributed by atoms with E-state index < -0.39 is 0 Å². The maximum absolute atomic E-state index is 6.34. The molecule has 4 rings (SSSR count). The maximum Gasteiger partial charge on any atom is 0.103 e. The highest BCUT2D eigenvalue weighted by Crippen LogP contribution is 2.20. The molecule has 1 aliphatic rings. The summed E-state index contributed by atoms with van der Waals surface area (Å²) < 4.78 is 18.6. The highest BCUT2D eigenvalue weighted by molar-refractivity contribution is 5.15. The van der Waals surface area contributed by atoms with Crippen molar-refractivity contribution in [3.8, 4) is 0 Å². The molecule has 3 aromatic carbocycles. The first-order valence-corrected chi connectivity index (χ1v) is 10.5. The molecular formula is C26H29NO3. The van der Waals surface area contributed by atoms with Crippen LogP contribution in [0.4, 0.5) is 0 Å². The molecule has 3 atom stereocenters. The summed E-state index contributed by atoms with van der Waals surface area (Å²) in [5.41, 5.74) is 3.51. The Morgan fingerprint density at radius 1 is 0.633 bits per heavy atom. The van der Waals surface area contributed by atoms with Crippen molar-refractivity contribution >= 4 is 0 Å². The average Bonchev–Trinajstić information content (AvgIpc) is 3.20. The first kappa shape index (κ1) is 20.8. The minimum atomic E-state index is -0.0651. The van der Waals surface area contributed by atoms with Crippen LogP contribution in [0.1, 0.15) is 16.7 Å². The summed E-state index contributed by atoms with van der Waals surface area (Å²) in [6.07, 6.45) is -0.0797. The van der Waals surface area contributed by atoms with Crippen molar-refractivity contribution in [3.05, 3.63) is 108 Å². The number of nitrogens with one attached hydrogen (secondary N) is 1. The largest absolute Gasteiger partial charge is 0.375 e. The average molecular weight is 404 g/mol. The van der Waals surface area contributed by atoms with Gasteiger partial charge in [-0.15, -0.1) is 0 Å². The van der Waals surface area contributed by atoms with E-state index in [1.165, 1.54) is 11.1 Å². The standard InChI is InChI=1S/C26H29NO3/c1-4-10-21(11-5-1)17-28-20-24-26(30-19-23-14-8-3-9-15-23)25(16-27-24)29-18-22-12-6-2-7-13-22/h1-15,24-27H,16-20H2/t24-,25+,26-/m1/s1. The van der Waals surface area contributed by atoms with Crippen molar-refractivity contribution in [2.45, 2.75) is 38.1 Å². The Balaban J connectivity index is 1.35. The zero-order chi connectivity index (χ0) is 20.4. The van der Waals surface area contributed by atoms with E-state index in [0.717, 1.165) is 12.1 Å². The lowest BCUT2D eigenvalue weighted by molar-refractivity contribution is -0.0786. The highest BCUT2D eigenvalue weighted by atomic mass is 16.5. The Morgan fingerprint density at radius 2 is 1.13 bits per heavy atom. The second-order valence-electron chi connectivity index (χ2n) is 7.61. The summed E-state index contributed by atoms with van der Waals surface area (Å²) >= 11 is 0. The molecule has 1 heterocycles. The van der Waals surface area contributed by atoms with E-state index in [2.05, 4.69) is 41.7 Å². The molecule has 1 aliphatic heterocycles. The molecule has 0 spiro atoms. The minimum absolute atomic E-state index is 0.0146. The zero-order valence-electron chi connectivity index (χ0n) is 17.2. The van der Waals surface area contributed by atoms with Gasteiger partial charge in [0, 0.05) is 6.54 Å². The Morgan fingerprint density at radius 3 is 1.70 bits per heavy atom. The molecule has 1 saturated heterocycles. The van der Waals surface area contributed by atoms with Crippen LogP contribution in [-0.4, -0.2) is 31.4 Å². The van der Waals surface area contributed by atoms with E-state index in [1.54, 1.807) is 0 Å². The highest BCUT2D eigenvalue weighted by Gasteiger charge is 2.37. The topological polar surface area (TPSA) is 39.7 Å². The van der Waals surface area contributed by atoms with Crippen molar-refractivity contribution in [2.75, 3.05) is 13.2 Å². The lowest BCUT2D eigenvalue weighted by Gasteiger charge is -2.25. The van der Waals surface area contributed by atoms with Crippen LogP contribution in [0, 0.1) is 0 Å². The van der Waals surface area contributed by atoms with Gasteiger partial charge < -0.3 is 19.5 Å². The number of rotatable bonds is 10. The van der Waals surface area contributed by atoms with E-state index in [-0.39, 0.29) is 18.2 Å². The normalized spacial score (nSPS) is 21.0. The van der Waals surface area contributed by atoms with Crippen LogP contribution in [-0.2, 0) is 34.0 Å². The van der Waals surface area contributed by atoms with Crippen molar-refractivity contribution < 1.29 is 14.2 Å². The molecular weight excluding hydrogens is 374 g/mol. The van der Waals surface area contributed by atoms with Crippen molar-refractivity contribution in [2.24, 2.45) is 0 Å². The molecule has 0 bridgehead atoms. The van der Waals surface area contributed by atoms with Gasteiger partial charge in [-0.1, -0.05) is 91.0 Å². The molecule has 1 fully saturated rings. The monoisotopic (exact) mass is 403 g/mol. The van der Waals surface area contributed by atoms with Gasteiger partial charge >= 0.3 is 0 Å². The van der Waals surface area contributed by atoms with E-state index in [9.17, 15) is 0 Å². The third-order valence-corrected chi connectivity index (χ3v) is 5.35. The van der Waals surface area contributed by atoms with Crippen LogP contribution >= 0.6 is 0 Å². The van der Waals surface area contributed by atoms with Gasteiger partial charge in [-0.3, -0.25) is 0 Å². The lowest BCUT2D eigenvalue weighted by Crippen LogP contribution is -2.39. The van der Waals surface area contributed by atoms with Crippen LogP contribution in [0.3, 0.4) is 0 Å². The summed E-state index contributed by atoms with van der Waals surface area (Å²) in [6.45, 7) is 3.08. The Hall–Kier alpha value is -2.50. The SMILES string of the molecule is c1ccc(COC[C@H]2NC[C@H](OCc3ccccc3)[C@@H]2OCc2ccccc2)cc1. The van der Waals surface area contributed by atoms with E-state index in [0.29, 0.717) is 26.4 Å². The molecule has 0 aromatic heterocycles. The van der Waals surface area contributed by atoms with Crippen molar-refractivity contribution in [3.63, 3.8) is 0 Å². The second kappa shape index (κ2) is 11.0. The summed E-state index contributed by atoms with van der Waals surface area (Å²) in [4.78, 5) is 0. The van der Waals surface area contributed by atoms with E-state index in [1.807, 2.05) is 54.6 Å². The molecule has 0 amide bonds. The smallest absolute Gasteiger partial charge is 0.103 e. The molecule has 156 valence electrons. The third kappa shape index (κ3) is 6.00. The predicted molar refractivity (Wildman–Crippen MR) is 118 cm³/mol. The Bertz CT molecular complexity index is 857. The zero-order valence-corrected chi connectivity index (χ0v) is 17.2. The number of hydrogen-bond acceptors (Lipinski definition) is 4. The molecule has 4 nitrogen and oxygen atoms in total. The molecule has 30 heavy (non-hydrogen) atoms. The molecule has 0 aliphatic carbocycles. The fraction of sp³-hybridized carbons (Fsp3) is 0.308. The molecule has 4 heteroatoms. The van der Waals surface area contributed by atoms with Crippen LogP contribution < -0.4 is 5.32 Å². The van der Waals surface area contributed by atoms with Crippen molar-refractivity contribution in [1.29, 1.82) is 0 Å².